The number of fused-ring (bicyclic) bond motifs is 1. The van der Waals surface area contributed by atoms with Crippen LogP contribution in [-0.2, 0) is 9.59 Å². The van der Waals surface area contributed by atoms with Gasteiger partial charge in [-0.05, 0) is 18.6 Å². The third-order valence-corrected chi connectivity index (χ3v) is 3.23. The molecule has 1 atom stereocenters. The predicted molar refractivity (Wildman–Crippen MR) is 76.3 cm³/mol. The number of carbonyl (C=O) groups is 2. The largest absolute Gasteiger partial charge is 0.493 e. The average molecular weight is 291 g/mol. The van der Waals surface area contributed by atoms with Crippen molar-refractivity contribution in [3.63, 3.8) is 0 Å². The molecule has 1 aromatic carbocycles. The van der Waals surface area contributed by atoms with Gasteiger partial charge in [-0.1, -0.05) is 19.1 Å². The van der Waals surface area contributed by atoms with Gasteiger partial charge < -0.3 is 19.9 Å². The van der Waals surface area contributed by atoms with E-state index in [1.807, 2.05) is 0 Å². The first-order chi connectivity index (χ1) is 10.1. The van der Waals surface area contributed by atoms with Gasteiger partial charge in [-0.2, -0.15) is 0 Å². The Morgan fingerprint density at radius 3 is 2.86 bits per heavy atom. The van der Waals surface area contributed by atoms with Crippen molar-refractivity contribution in [3.8, 4) is 11.5 Å². The molecule has 6 heteroatoms. The van der Waals surface area contributed by atoms with Crippen LogP contribution in [0, 0.1) is 0 Å². The molecule has 0 fully saturated rings. The molecule has 0 radical (unpaired) electrons. The summed E-state index contributed by atoms with van der Waals surface area (Å²) in [6, 6.07) is 4.48. The highest BCUT2D eigenvalue weighted by Gasteiger charge is 2.23. The first-order valence-electron chi connectivity index (χ1n) is 6.60. The molecule has 1 unspecified atom stereocenters. The van der Waals surface area contributed by atoms with Gasteiger partial charge in [0.05, 0.1) is 12.7 Å². The average Bonchev–Trinajstić information content (AvgIpc) is 2.50. The van der Waals surface area contributed by atoms with Gasteiger partial charge in [-0.25, -0.2) is 4.79 Å². The normalized spacial score (nSPS) is 14.3. The molecular formula is C15H17NO5. The van der Waals surface area contributed by atoms with Crippen molar-refractivity contribution in [1.82, 2.24) is 5.32 Å². The summed E-state index contributed by atoms with van der Waals surface area (Å²) < 4.78 is 10.7. The first kappa shape index (κ1) is 14.9. The maximum atomic E-state index is 12.1. The van der Waals surface area contributed by atoms with Gasteiger partial charge in [-0.3, -0.25) is 4.79 Å². The lowest BCUT2D eigenvalue weighted by Gasteiger charge is -2.20. The van der Waals surface area contributed by atoms with Crippen LogP contribution in [0.3, 0.4) is 0 Å². The van der Waals surface area contributed by atoms with Crippen LogP contribution in [0.25, 0.3) is 6.08 Å². The van der Waals surface area contributed by atoms with E-state index in [1.54, 1.807) is 38.3 Å². The summed E-state index contributed by atoms with van der Waals surface area (Å²) in [6.07, 6.45) is 2.00. The van der Waals surface area contributed by atoms with Crippen molar-refractivity contribution in [2.45, 2.75) is 19.4 Å². The van der Waals surface area contributed by atoms with Crippen LogP contribution in [0.1, 0.15) is 18.9 Å². The zero-order valence-corrected chi connectivity index (χ0v) is 11.9. The first-order valence-corrected chi connectivity index (χ1v) is 6.60. The lowest BCUT2D eigenvalue weighted by atomic mass is 10.1. The number of carboxylic acids is 1. The number of amides is 1. The molecule has 0 saturated carbocycles. The Hall–Kier alpha value is -2.50. The minimum absolute atomic E-state index is 0.0786. The van der Waals surface area contributed by atoms with Crippen LogP contribution >= 0.6 is 0 Å². The highest BCUT2D eigenvalue weighted by molar-refractivity contribution is 6.00. The van der Waals surface area contributed by atoms with Crippen LogP contribution in [0.4, 0.5) is 0 Å². The molecule has 1 heterocycles. The summed E-state index contributed by atoms with van der Waals surface area (Å²) >= 11 is 0. The Kier molecular flexibility index (Phi) is 4.47. The molecule has 0 aliphatic carbocycles. The number of para-hydroxylation sites is 1. The number of ether oxygens (including phenoxy) is 2. The second-order valence-corrected chi connectivity index (χ2v) is 4.61. The van der Waals surface area contributed by atoms with Crippen molar-refractivity contribution >= 4 is 18.0 Å². The number of rotatable bonds is 5. The molecular weight excluding hydrogens is 274 g/mol. The lowest BCUT2D eigenvalue weighted by molar-refractivity contribution is -0.141. The molecule has 1 aromatic rings. The van der Waals surface area contributed by atoms with Crippen molar-refractivity contribution in [3.05, 3.63) is 29.3 Å². The van der Waals surface area contributed by atoms with E-state index in [2.05, 4.69) is 5.32 Å². The van der Waals surface area contributed by atoms with E-state index >= 15 is 0 Å². The third-order valence-electron chi connectivity index (χ3n) is 3.23. The fraction of sp³-hybridized carbons (Fsp3) is 0.333. The van der Waals surface area contributed by atoms with E-state index in [9.17, 15) is 9.59 Å². The van der Waals surface area contributed by atoms with Crippen LogP contribution < -0.4 is 14.8 Å². The molecule has 1 amide bonds. The topological polar surface area (TPSA) is 84.9 Å². The summed E-state index contributed by atoms with van der Waals surface area (Å²) in [4.78, 5) is 23.0. The predicted octanol–water partition coefficient (Wildman–Crippen LogP) is 1.45. The molecule has 0 spiro atoms. The molecule has 2 N–H and O–H groups in total. The Bertz CT molecular complexity index is 594. The molecule has 1 aliphatic heterocycles. The van der Waals surface area contributed by atoms with E-state index in [0.717, 1.165) is 5.56 Å². The van der Waals surface area contributed by atoms with Crippen LogP contribution in [0.2, 0.25) is 0 Å². The monoisotopic (exact) mass is 291 g/mol. The number of benzene rings is 1. The van der Waals surface area contributed by atoms with Gasteiger partial charge in [0.2, 0.25) is 0 Å². The smallest absolute Gasteiger partial charge is 0.326 e. The molecule has 0 aromatic heterocycles. The summed E-state index contributed by atoms with van der Waals surface area (Å²) in [5.41, 5.74) is 1.12. The SMILES string of the molecule is CCC(NC(=O)C1=Cc2cccc(OC)c2OC1)C(=O)O. The second kappa shape index (κ2) is 6.30. The van der Waals surface area contributed by atoms with Gasteiger partial charge in [0.15, 0.2) is 11.5 Å². The van der Waals surface area contributed by atoms with E-state index in [0.29, 0.717) is 23.5 Å². The van der Waals surface area contributed by atoms with Crippen molar-refractivity contribution < 1.29 is 24.2 Å². The van der Waals surface area contributed by atoms with E-state index in [1.165, 1.54) is 0 Å². The Morgan fingerprint density at radius 1 is 1.48 bits per heavy atom. The Morgan fingerprint density at radius 2 is 2.24 bits per heavy atom. The molecule has 0 bridgehead atoms. The van der Waals surface area contributed by atoms with Crippen molar-refractivity contribution in [1.29, 1.82) is 0 Å². The van der Waals surface area contributed by atoms with Gasteiger partial charge in [0, 0.05) is 5.56 Å². The maximum absolute atomic E-state index is 12.1. The van der Waals surface area contributed by atoms with Crippen LogP contribution in [-0.4, -0.2) is 36.7 Å². The summed E-state index contributed by atoms with van der Waals surface area (Å²) in [6.45, 7) is 1.78. The van der Waals surface area contributed by atoms with Gasteiger partial charge in [0.25, 0.3) is 5.91 Å². The second-order valence-electron chi connectivity index (χ2n) is 4.61. The molecule has 2 rings (SSSR count). The number of carbonyl (C=O) groups excluding carboxylic acids is 1. The summed E-state index contributed by atoms with van der Waals surface area (Å²) in [5.74, 6) is -0.301. The fourth-order valence-electron chi connectivity index (χ4n) is 2.06. The number of carboxylic acid groups (broad SMARTS) is 1. The molecule has 112 valence electrons. The van der Waals surface area contributed by atoms with Gasteiger partial charge >= 0.3 is 5.97 Å². The van der Waals surface area contributed by atoms with Crippen molar-refractivity contribution in [2.75, 3.05) is 13.7 Å². The number of aliphatic carboxylic acids is 1. The Labute approximate surface area is 122 Å². The van der Waals surface area contributed by atoms with Crippen LogP contribution in [0.15, 0.2) is 23.8 Å². The molecule has 21 heavy (non-hydrogen) atoms. The highest BCUT2D eigenvalue weighted by Crippen LogP contribution is 2.35. The minimum Gasteiger partial charge on any atom is -0.493 e. The summed E-state index contributed by atoms with van der Waals surface area (Å²) in [7, 11) is 1.55. The van der Waals surface area contributed by atoms with Gasteiger partial charge in [0.1, 0.15) is 12.6 Å². The number of hydrogen-bond acceptors (Lipinski definition) is 4. The van der Waals surface area contributed by atoms with Gasteiger partial charge in [-0.15, -0.1) is 0 Å². The maximum Gasteiger partial charge on any atom is 0.326 e. The van der Waals surface area contributed by atoms with Crippen LogP contribution in [0.5, 0.6) is 11.5 Å². The molecule has 6 nitrogen and oxygen atoms in total. The Balaban J connectivity index is 2.20. The number of methoxy groups -OCH3 is 1. The quantitative estimate of drug-likeness (QED) is 0.857. The van der Waals surface area contributed by atoms with E-state index < -0.39 is 17.9 Å². The molecule has 0 saturated heterocycles. The van der Waals surface area contributed by atoms with Crippen molar-refractivity contribution in [2.24, 2.45) is 0 Å². The van der Waals surface area contributed by atoms with E-state index in [-0.39, 0.29) is 6.61 Å². The highest BCUT2D eigenvalue weighted by atomic mass is 16.5. The lowest BCUT2D eigenvalue weighted by Crippen LogP contribution is -2.41. The number of hydrogen-bond donors (Lipinski definition) is 2. The molecule has 1 aliphatic rings. The standard InChI is InChI=1S/C15H17NO5/c1-3-11(15(18)19)16-14(17)10-7-9-5-4-6-12(20-2)13(9)21-8-10/h4-7,11H,3,8H2,1-2H3,(H,16,17)(H,18,19). The zero-order chi connectivity index (χ0) is 15.4. The number of nitrogens with one attached hydrogen (secondary N) is 1. The zero-order valence-electron chi connectivity index (χ0n) is 11.9. The van der Waals surface area contributed by atoms with E-state index in [4.69, 9.17) is 14.6 Å². The third kappa shape index (κ3) is 3.16. The fourth-order valence-corrected chi connectivity index (χ4v) is 2.06. The summed E-state index contributed by atoms with van der Waals surface area (Å²) in [5, 5.41) is 11.4. The minimum atomic E-state index is -1.05.